The van der Waals surface area contributed by atoms with Crippen LogP contribution in [0.1, 0.15) is 71.6 Å². The molecule has 0 amide bonds. The van der Waals surface area contributed by atoms with Crippen molar-refractivity contribution < 1.29 is 9.50 Å². The molecule has 0 aromatic carbocycles. The van der Waals surface area contributed by atoms with Crippen LogP contribution in [0.5, 0.6) is 0 Å². The van der Waals surface area contributed by atoms with Crippen molar-refractivity contribution in [3.8, 4) is 12.3 Å². The molecule has 0 saturated heterocycles. The minimum absolute atomic E-state index is 0.108. The number of terminal acetylenes is 1. The van der Waals surface area contributed by atoms with E-state index >= 15 is 0 Å². The van der Waals surface area contributed by atoms with E-state index in [0.717, 1.165) is 38.5 Å². The monoisotopic (exact) mass is 318 g/mol. The molecule has 4 fully saturated rings. The summed E-state index contributed by atoms with van der Waals surface area (Å²) in [6.45, 7) is 4.69. The number of hydrogen-bond donors (Lipinski definition) is 1. The Morgan fingerprint density at radius 3 is 2.48 bits per heavy atom. The van der Waals surface area contributed by atoms with Gasteiger partial charge in [0.25, 0.3) is 0 Å². The maximum Gasteiger partial charge on any atom is 0.130 e. The van der Waals surface area contributed by atoms with Gasteiger partial charge in [-0.15, -0.1) is 6.42 Å². The molecule has 4 rings (SSSR count). The third-order valence-corrected chi connectivity index (χ3v) is 8.99. The molecule has 2 heteroatoms. The Morgan fingerprint density at radius 1 is 1.00 bits per heavy atom. The first kappa shape index (κ1) is 15.9. The first-order chi connectivity index (χ1) is 10.8. The average Bonchev–Trinajstić information content (AvgIpc) is 2.80. The Hall–Kier alpha value is -0.550. The highest BCUT2D eigenvalue weighted by Gasteiger charge is 2.64. The van der Waals surface area contributed by atoms with Gasteiger partial charge in [-0.25, -0.2) is 4.39 Å². The summed E-state index contributed by atoms with van der Waals surface area (Å²) < 4.78 is 13.9. The predicted octanol–water partition coefficient (Wildman–Crippen LogP) is 4.73. The quantitative estimate of drug-likeness (QED) is 0.640. The molecule has 0 heterocycles. The lowest BCUT2D eigenvalue weighted by atomic mass is 9.44. The van der Waals surface area contributed by atoms with Crippen LogP contribution in [0.3, 0.4) is 0 Å². The minimum Gasteiger partial charge on any atom is -0.377 e. The van der Waals surface area contributed by atoms with E-state index in [0.29, 0.717) is 29.1 Å². The van der Waals surface area contributed by atoms with E-state index in [1.54, 1.807) is 0 Å². The second-order valence-electron chi connectivity index (χ2n) is 9.53. The van der Waals surface area contributed by atoms with Gasteiger partial charge in [0.15, 0.2) is 0 Å². The summed E-state index contributed by atoms with van der Waals surface area (Å²) in [5.74, 6) is 5.29. The van der Waals surface area contributed by atoms with Gasteiger partial charge >= 0.3 is 0 Å². The summed E-state index contributed by atoms with van der Waals surface area (Å²) >= 11 is 0. The van der Waals surface area contributed by atoms with Gasteiger partial charge in [0.2, 0.25) is 0 Å². The largest absolute Gasteiger partial charge is 0.377 e. The van der Waals surface area contributed by atoms with Crippen LogP contribution in [-0.4, -0.2) is 16.9 Å². The summed E-state index contributed by atoms with van der Waals surface area (Å²) in [5.41, 5.74) is -0.690. The van der Waals surface area contributed by atoms with E-state index in [-0.39, 0.29) is 5.41 Å². The van der Waals surface area contributed by atoms with Crippen molar-refractivity contribution in [2.24, 2.45) is 34.5 Å². The summed E-state index contributed by atoms with van der Waals surface area (Å²) in [6, 6.07) is 0. The van der Waals surface area contributed by atoms with Gasteiger partial charge < -0.3 is 5.11 Å². The SMILES string of the molecule is C#C[C@]1(O)CCC2C3CC[C@H]4C[C@@H](F)CC[C@]4(C)C3CC[C@@]21C. The average molecular weight is 318 g/mol. The molecule has 4 aliphatic carbocycles. The second-order valence-corrected chi connectivity index (χ2v) is 9.53. The van der Waals surface area contributed by atoms with Gasteiger partial charge in [0, 0.05) is 5.41 Å². The number of halogens is 1. The Balaban J connectivity index is 1.65. The minimum atomic E-state index is -0.906. The molecule has 0 aromatic rings. The van der Waals surface area contributed by atoms with Crippen LogP contribution >= 0.6 is 0 Å². The Kier molecular flexibility index (Phi) is 3.45. The lowest BCUT2D eigenvalue weighted by Gasteiger charge is -2.61. The van der Waals surface area contributed by atoms with Gasteiger partial charge in [-0.2, -0.15) is 0 Å². The topological polar surface area (TPSA) is 20.2 Å². The van der Waals surface area contributed by atoms with E-state index in [1.807, 2.05) is 0 Å². The molecule has 128 valence electrons. The van der Waals surface area contributed by atoms with E-state index in [2.05, 4.69) is 19.8 Å². The molecule has 0 aromatic heterocycles. The first-order valence-electron chi connectivity index (χ1n) is 9.68. The predicted molar refractivity (Wildman–Crippen MR) is 90.4 cm³/mol. The molecule has 0 aliphatic heterocycles. The Morgan fingerprint density at radius 2 is 1.74 bits per heavy atom. The van der Waals surface area contributed by atoms with Crippen molar-refractivity contribution in [2.75, 3.05) is 0 Å². The maximum atomic E-state index is 13.9. The summed E-state index contributed by atoms with van der Waals surface area (Å²) in [4.78, 5) is 0. The molecule has 0 bridgehead atoms. The number of alkyl halides is 1. The third kappa shape index (κ3) is 1.95. The molecule has 0 radical (unpaired) electrons. The number of aliphatic hydroxyl groups is 1. The molecule has 4 aliphatic rings. The molecule has 4 saturated carbocycles. The smallest absolute Gasteiger partial charge is 0.130 e. The first-order valence-corrected chi connectivity index (χ1v) is 9.68. The summed E-state index contributed by atoms with van der Waals surface area (Å²) in [5, 5.41) is 11.0. The molecule has 23 heavy (non-hydrogen) atoms. The molecule has 3 unspecified atom stereocenters. The highest BCUT2D eigenvalue weighted by Crippen LogP contribution is 2.68. The van der Waals surface area contributed by atoms with E-state index in [1.165, 1.54) is 19.3 Å². The lowest BCUT2D eigenvalue weighted by Crippen LogP contribution is -2.56. The molecular formula is C21H31FO. The lowest BCUT2D eigenvalue weighted by molar-refractivity contribution is -0.140. The number of hydrogen-bond acceptors (Lipinski definition) is 1. The van der Waals surface area contributed by atoms with Gasteiger partial charge in [-0.05, 0) is 86.9 Å². The van der Waals surface area contributed by atoms with E-state index in [4.69, 9.17) is 6.42 Å². The van der Waals surface area contributed by atoms with Gasteiger partial charge in [-0.1, -0.05) is 19.8 Å². The van der Waals surface area contributed by atoms with Crippen molar-refractivity contribution in [1.29, 1.82) is 0 Å². The van der Waals surface area contributed by atoms with Gasteiger partial charge in [0.1, 0.15) is 11.8 Å². The highest BCUT2D eigenvalue weighted by molar-refractivity contribution is 5.23. The zero-order chi connectivity index (χ0) is 16.5. The van der Waals surface area contributed by atoms with Crippen LogP contribution in [0.4, 0.5) is 4.39 Å². The fourth-order valence-electron chi connectivity index (χ4n) is 7.46. The second kappa shape index (κ2) is 4.98. The fourth-order valence-corrected chi connectivity index (χ4v) is 7.46. The molecular weight excluding hydrogens is 287 g/mol. The van der Waals surface area contributed by atoms with Crippen molar-refractivity contribution in [2.45, 2.75) is 83.4 Å². The molecule has 0 spiro atoms. The molecule has 1 nitrogen and oxygen atoms in total. The Bertz CT molecular complexity index is 538. The Labute approximate surface area is 140 Å². The van der Waals surface area contributed by atoms with E-state index in [9.17, 15) is 9.50 Å². The van der Waals surface area contributed by atoms with Crippen LogP contribution < -0.4 is 0 Å². The molecule has 1 N–H and O–H groups in total. The third-order valence-electron chi connectivity index (χ3n) is 8.99. The zero-order valence-electron chi connectivity index (χ0n) is 14.7. The van der Waals surface area contributed by atoms with Crippen molar-refractivity contribution in [3.05, 3.63) is 0 Å². The normalized spacial score (nSPS) is 58.7. The van der Waals surface area contributed by atoms with Gasteiger partial charge in [-0.3, -0.25) is 0 Å². The van der Waals surface area contributed by atoms with E-state index < -0.39 is 11.8 Å². The fraction of sp³-hybridized carbons (Fsp3) is 0.905. The summed E-state index contributed by atoms with van der Waals surface area (Å²) in [7, 11) is 0. The van der Waals surface area contributed by atoms with Crippen LogP contribution in [0.2, 0.25) is 0 Å². The maximum absolute atomic E-state index is 13.9. The van der Waals surface area contributed by atoms with Crippen molar-refractivity contribution in [1.82, 2.24) is 0 Å². The summed E-state index contributed by atoms with van der Waals surface area (Å²) in [6.07, 6.45) is 14.2. The van der Waals surface area contributed by atoms with Crippen LogP contribution in [0.25, 0.3) is 0 Å². The van der Waals surface area contributed by atoms with Crippen LogP contribution in [0, 0.1) is 46.8 Å². The van der Waals surface area contributed by atoms with Crippen molar-refractivity contribution in [3.63, 3.8) is 0 Å². The highest BCUT2D eigenvalue weighted by atomic mass is 19.1. The zero-order valence-corrected chi connectivity index (χ0v) is 14.7. The number of fused-ring (bicyclic) bond motifs is 5. The molecule has 8 atom stereocenters. The van der Waals surface area contributed by atoms with Crippen LogP contribution in [-0.2, 0) is 0 Å². The van der Waals surface area contributed by atoms with Crippen LogP contribution in [0.15, 0.2) is 0 Å². The standard InChI is InChI=1S/C21H31FO/c1-4-21(23)12-9-18-16-6-5-14-13-15(22)7-10-19(14,2)17(16)8-11-20(18,21)3/h1,14-18,23H,5-13H2,2-3H3/t14-,15-,16?,17?,18?,19-,20-,21-/m0/s1. The van der Waals surface area contributed by atoms with Gasteiger partial charge in [0.05, 0.1) is 0 Å². The number of rotatable bonds is 0. The van der Waals surface area contributed by atoms with Crippen molar-refractivity contribution >= 4 is 0 Å².